The first-order valence-electron chi connectivity index (χ1n) is 4.53. The zero-order chi connectivity index (χ0) is 9.97. The Bertz CT molecular complexity index is 297. The lowest BCUT2D eigenvalue weighted by Crippen LogP contribution is -2.34. The van der Waals surface area contributed by atoms with E-state index in [-0.39, 0.29) is 17.9 Å². The summed E-state index contributed by atoms with van der Waals surface area (Å²) >= 11 is 0. The van der Waals surface area contributed by atoms with Crippen LogP contribution in [-0.4, -0.2) is 30.5 Å². The highest BCUT2D eigenvalue weighted by Gasteiger charge is 2.34. The molecule has 0 fully saturated rings. The molecule has 2 atom stereocenters. The van der Waals surface area contributed by atoms with Crippen LogP contribution in [0, 0.1) is 0 Å². The molecule has 0 aromatic heterocycles. The summed E-state index contributed by atoms with van der Waals surface area (Å²) in [7, 11) is 0. The van der Waals surface area contributed by atoms with Gasteiger partial charge < -0.3 is 14.3 Å². The van der Waals surface area contributed by atoms with Crippen LogP contribution in [0.1, 0.15) is 13.3 Å². The number of carbonyl (C=O) groups is 1. The maximum atomic E-state index is 11.3. The van der Waals surface area contributed by atoms with E-state index in [1.165, 1.54) is 0 Å². The molecule has 0 saturated heterocycles. The fraction of sp³-hybridized carbons (Fsp3) is 0.556. The van der Waals surface area contributed by atoms with Gasteiger partial charge in [-0.2, -0.15) is 0 Å². The molecule has 0 aromatic rings. The van der Waals surface area contributed by atoms with Crippen molar-refractivity contribution in [2.24, 2.45) is 5.16 Å². The van der Waals surface area contributed by atoms with E-state index in [9.17, 15) is 4.79 Å². The van der Waals surface area contributed by atoms with Crippen molar-refractivity contribution in [1.29, 1.82) is 0 Å². The fourth-order valence-electron chi connectivity index (χ4n) is 1.38. The zero-order valence-corrected chi connectivity index (χ0v) is 7.80. The smallest absolute Gasteiger partial charge is 0.356 e. The first-order valence-corrected chi connectivity index (χ1v) is 4.53. The van der Waals surface area contributed by atoms with E-state index in [1.54, 1.807) is 19.3 Å². The summed E-state index contributed by atoms with van der Waals surface area (Å²) in [5.41, 5.74) is 0.289. The van der Waals surface area contributed by atoms with Crippen molar-refractivity contribution >= 4 is 11.7 Å². The second-order valence-corrected chi connectivity index (χ2v) is 3.04. The summed E-state index contributed by atoms with van der Waals surface area (Å²) in [5.74, 6) is -0.429. The number of nitrogens with zero attached hydrogens (tertiary/aromatic N) is 1. The van der Waals surface area contributed by atoms with Gasteiger partial charge in [0.1, 0.15) is 6.10 Å². The quantitative estimate of drug-likeness (QED) is 0.608. The van der Waals surface area contributed by atoms with Gasteiger partial charge in [0.05, 0.1) is 12.9 Å². The van der Waals surface area contributed by atoms with Crippen molar-refractivity contribution in [2.75, 3.05) is 6.61 Å². The highest BCUT2D eigenvalue weighted by atomic mass is 16.7. The molecule has 0 N–H and O–H groups in total. The molecule has 2 aliphatic rings. The largest absolute Gasteiger partial charge is 0.493 e. The van der Waals surface area contributed by atoms with Crippen LogP contribution in [0.3, 0.4) is 0 Å². The molecule has 2 aliphatic heterocycles. The minimum atomic E-state index is -0.429. The molecular weight excluding hydrogens is 186 g/mol. The van der Waals surface area contributed by atoms with E-state index in [0.29, 0.717) is 13.0 Å². The molecule has 0 amide bonds. The minimum absolute atomic E-state index is 0.132. The second kappa shape index (κ2) is 3.69. The summed E-state index contributed by atoms with van der Waals surface area (Å²) in [5, 5.41) is 3.70. The van der Waals surface area contributed by atoms with Gasteiger partial charge in [-0.25, -0.2) is 4.79 Å². The van der Waals surface area contributed by atoms with Gasteiger partial charge in [0.25, 0.3) is 0 Å². The number of esters is 1. The Morgan fingerprint density at radius 1 is 1.79 bits per heavy atom. The third-order valence-electron chi connectivity index (χ3n) is 2.08. The zero-order valence-electron chi connectivity index (χ0n) is 7.80. The summed E-state index contributed by atoms with van der Waals surface area (Å²) in [6.45, 7) is 2.09. The standard InChI is InChI=1S/C9H11NO4/c1-2-12-9(11)6-5-8-7(14-10-6)3-4-13-8/h3-4,7-8H,2,5H2,1H3. The lowest BCUT2D eigenvalue weighted by Gasteiger charge is -2.21. The van der Waals surface area contributed by atoms with E-state index in [4.69, 9.17) is 14.3 Å². The van der Waals surface area contributed by atoms with E-state index < -0.39 is 5.97 Å². The average Bonchev–Trinajstić information content (AvgIpc) is 2.64. The Morgan fingerprint density at radius 2 is 2.64 bits per heavy atom. The number of carbonyl (C=O) groups excluding carboxylic acids is 1. The van der Waals surface area contributed by atoms with E-state index >= 15 is 0 Å². The lowest BCUT2D eigenvalue weighted by atomic mass is 10.1. The number of hydrogen-bond acceptors (Lipinski definition) is 5. The molecule has 5 nitrogen and oxygen atoms in total. The Morgan fingerprint density at radius 3 is 3.43 bits per heavy atom. The van der Waals surface area contributed by atoms with Gasteiger partial charge in [0, 0.05) is 6.42 Å². The van der Waals surface area contributed by atoms with E-state index in [0.717, 1.165) is 0 Å². The average molecular weight is 197 g/mol. The summed E-state index contributed by atoms with van der Waals surface area (Å²) < 4.78 is 10.0. The lowest BCUT2D eigenvalue weighted by molar-refractivity contribution is -0.136. The van der Waals surface area contributed by atoms with Crippen molar-refractivity contribution in [1.82, 2.24) is 0 Å². The van der Waals surface area contributed by atoms with Crippen LogP contribution in [0.25, 0.3) is 0 Å². The molecule has 2 unspecified atom stereocenters. The summed E-state index contributed by atoms with van der Waals surface area (Å²) in [4.78, 5) is 16.3. The van der Waals surface area contributed by atoms with Gasteiger partial charge >= 0.3 is 5.97 Å². The molecule has 0 bridgehead atoms. The highest BCUT2D eigenvalue weighted by molar-refractivity contribution is 6.36. The van der Waals surface area contributed by atoms with Crippen molar-refractivity contribution in [3.05, 3.63) is 12.3 Å². The van der Waals surface area contributed by atoms with Gasteiger partial charge in [0.2, 0.25) is 0 Å². The Labute approximate surface area is 81.3 Å². The first-order chi connectivity index (χ1) is 6.81. The maximum Gasteiger partial charge on any atom is 0.356 e. The van der Waals surface area contributed by atoms with Crippen LogP contribution in [-0.2, 0) is 19.1 Å². The summed E-state index contributed by atoms with van der Waals surface area (Å²) in [6.07, 6.45) is 3.49. The molecule has 0 saturated carbocycles. The topological polar surface area (TPSA) is 57.1 Å². The molecule has 2 heterocycles. The van der Waals surface area contributed by atoms with Crippen LogP contribution in [0.5, 0.6) is 0 Å². The number of rotatable bonds is 2. The molecule has 5 heteroatoms. The second-order valence-electron chi connectivity index (χ2n) is 3.04. The monoisotopic (exact) mass is 197 g/mol. The molecule has 0 aromatic carbocycles. The molecule has 14 heavy (non-hydrogen) atoms. The normalized spacial score (nSPS) is 28.5. The van der Waals surface area contributed by atoms with Gasteiger partial charge in [-0.05, 0) is 13.0 Å². The Balaban J connectivity index is 1.99. The van der Waals surface area contributed by atoms with E-state index in [2.05, 4.69) is 5.16 Å². The molecule has 2 rings (SSSR count). The van der Waals surface area contributed by atoms with Crippen LogP contribution in [0.2, 0.25) is 0 Å². The number of ether oxygens (including phenoxy) is 2. The fourth-order valence-corrected chi connectivity index (χ4v) is 1.38. The van der Waals surface area contributed by atoms with Crippen molar-refractivity contribution < 1.29 is 19.1 Å². The molecular formula is C9H11NO4. The number of hydrogen-bond donors (Lipinski definition) is 0. The summed E-state index contributed by atoms with van der Waals surface area (Å²) in [6, 6.07) is 0. The van der Waals surface area contributed by atoms with Gasteiger partial charge in [-0.15, -0.1) is 0 Å². The Kier molecular flexibility index (Phi) is 2.39. The molecule has 0 spiro atoms. The van der Waals surface area contributed by atoms with Crippen LogP contribution >= 0.6 is 0 Å². The molecule has 0 radical (unpaired) electrons. The third-order valence-corrected chi connectivity index (χ3v) is 2.08. The van der Waals surface area contributed by atoms with Crippen LogP contribution in [0.4, 0.5) is 0 Å². The molecule has 0 aliphatic carbocycles. The maximum absolute atomic E-state index is 11.3. The molecule has 76 valence electrons. The van der Waals surface area contributed by atoms with Gasteiger partial charge in [0.15, 0.2) is 11.8 Å². The van der Waals surface area contributed by atoms with Gasteiger partial charge in [-0.1, -0.05) is 5.16 Å². The third kappa shape index (κ3) is 1.57. The predicted octanol–water partition coefficient (Wildman–Crippen LogP) is 0.607. The van der Waals surface area contributed by atoms with Crippen molar-refractivity contribution in [3.63, 3.8) is 0 Å². The van der Waals surface area contributed by atoms with Crippen molar-refractivity contribution in [2.45, 2.75) is 25.6 Å². The number of oxime groups is 1. The van der Waals surface area contributed by atoms with Crippen LogP contribution in [0.15, 0.2) is 17.5 Å². The van der Waals surface area contributed by atoms with Crippen molar-refractivity contribution in [3.8, 4) is 0 Å². The highest BCUT2D eigenvalue weighted by Crippen LogP contribution is 2.22. The van der Waals surface area contributed by atoms with Crippen LogP contribution < -0.4 is 0 Å². The van der Waals surface area contributed by atoms with E-state index in [1.807, 2.05) is 0 Å². The van der Waals surface area contributed by atoms with Gasteiger partial charge in [-0.3, -0.25) is 0 Å². The Hall–Kier alpha value is -1.52. The predicted molar refractivity (Wildman–Crippen MR) is 47.6 cm³/mol. The SMILES string of the molecule is CCOC(=O)C1=NOC2C=COC2C1. The number of fused-ring (bicyclic) bond motifs is 1. The first kappa shape index (κ1) is 9.05. The minimum Gasteiger partial charge on any atom is -0.493 e.